The van der Waals surface area contributed by atoms with Crippen LogP contribution >= 0.6 is 12.4 Å². The van der Waals surface area contributed by atoms with Crippen molar-refractivity contribution in [1.82, 2.24) is 10.2 Å². The Morgan fingerprint density at radius 1 is 1.26 bits per heavy atom. The van der Waals surface area contributed by atoms with Crippen molar-refractivity contribution in [3.8, 4) is 11.5 Å². The third-order valence-electron chi connectivity index (χ3n) is 3.77. The molecule has 1 fully saturated rings. The van der Waals surface area contributed by atoms with Gasteiger partial charge in [0, 0.05) is 37.8 Å². The van der Waals surface area contributed by atoms with Crippen molar-refractivity contribution in [1.29, 1.82) is 0 Å². The van der Waals surface area contributed by atoms with Crippen LogP contribution in [-0.2, 0) is 0 Å². The number of hydrogen-bond donors (Lipinski definition) is 1. The van der Waals surface area contributed by atoms with Crippen LogP contribution in [0, 0.1) is 0 Å². The van der Waals surface area contributed by atoms with E-state index in [0.29, 0.717) is 5.75 Å². The molecule has 1 aliphatic rings. The highest BCUT2D eigenvalue weighted by molar-refractivity contribution is 5.85. The van der Waals surface area contributed by atoms with Crippen molar-refractivity contribution >= 4 is 12.4 Å². The Hall–Kier alpha value is -1.18. The number of ether oxygens (including phenoxy) is 2. The molecule has 0 saturated carbocycles. The van der Waals surface area contributed by atoms with Gasteiger partial charge in [-0.15, -0.1) is 25.6 Å². The first-order valence-electron chi connectivity index (χ1n) is 7.33. The van der Waals surface area contributed by atoms with Crippen LogP contribution in [0.5, 0.6) is 11.5 Å². The van der Waals surface area contributed by atoms with Crippen LogP contribution < -0.4 is 14.8 Å². The molecule has 1 saturated heterocycles. The number of halogens is 4. The quantitative estimate of drug-likeness (QED) is 0.879. The topological polar surface area (TPSA) is 33.7 Å². The molecule has 8 heteroatoms. The van der Waals surface area contributed by atoms with Crippen LogP contribution in [0.2, 0.25) is 0 Å². The number of nitrogens with zero attached hydrogens (tertiary/aromatic N) is 1. The summed E-state index contributed by atoms with van der Waals surface area (Å²) in [5.41, 5.74) is 0.730. The van der Waals surface area contributed by atoms with Crippen molar-refractivity contribution < 1.29 is 22.6 Å². The summed E-state index contributed by atoms with van der Waals surface area (Å²) in [4.78, 5) is 2.26. The summed E-state index contributed by atoms with van der Waals surface area (Å²) in [6, 6.07) is 4.25. The van der Waals surface area contributed by atoms with E-state index in [0.717, 1.165) is 38.2 Å². The van der Waals surface area contributed by atoms with Gasteiger partial charge in [-0.3, -0.25) is 4.90 Å². The van der Waals surface area contributed by atoms with Crippen LogP contribution in [0.15, 0.2) is 18.2 Å². The van der Waals surface area contributed by atoms with Gasteiger partial charge in [-0.05, 0) is 24.6 Å². The van der Waals surface area contributed by atoms with Gasteiger partial charge in [0.1, 0.15) is 11.5 Å². The van der Waals surface area contributed by atoms with Crippen LogP contribution in [0.1, 0.15) is 24.9 Å². The van der Waals surface area contributed by atoms with E-state index in [1.807, 2.05) is 6.92 Å². The Bertz CT molecular complexity index is 494. The molecule has 1 atom stereocenters. The SMILES string of the molecule is CC[C@@H](c1cc(OC(F)(F)F)ccc1OC)N1CCNCC1.Cl. The molecule has 0 radical (unpaired) electrons. The molecular formula is C15H22ClF3N2O2. The van der Waals surface area contributed by atoms with Crippen molar-refractivity contribution in [2.75, 3.05) is 33.3 Å². The van der Waals surface area contributed by atoms with E-state index in [2.05, 4.69) is 15.0 Å². The Morgan fingerprint density at radius 3 is 2.43 bits per heavy atom. The van der Waals surface area contributed by atoms with E-state index < -0.39 is 6.36 Å². The summed E-state index contributed by atoms with van der Waals surface area (Å²) in [7, 11) is 1.52. The van der Waals surface area contributed by atoms with Crippen LogP contribution in [-0.4, -0.2) is 44.6 Å². The summed E-state index contributed by atoms with van der Waals surface area (Å²) in [5, 5.41) is 3.27. The fourth-order valence-electron chi connectivity index (χ4n) is 2.84. The third-order valence-corrected chi connectivity index (χ3v) is 3.77. The number of alkyl halides is 3. The van der Waals surface area contributed by atoms with Gasteiger partial charge in [-0.1, -0.05) is 6.92 Å². The second-order valence-electron chi connectivity index (χ2n) is 5.16. The summed E-state index contributed by atoms with van der Waals surface area (Å²) in [6.07, 6.45) is -3.91. The predicted molar refractivity (Wildman–Crippen MR) is 84.4 cm³/mol. The molecule has 1 aromatic carbocycles. The minimum Gasteiger partial charge on any atom is -0.496 e. The van der Waals surface area contributed by atoms with Gasteiger partial charge in [0.05, 0.1) is 7.11 Å². The molecular weight excluding hydrogens is 333 g/mol. The van der Waals surface area contributed by atoms with Crippen molar-refractivity contribution in [3.05, 3.63) is 23.8 Å². The predicted octanol–water partition coefficient (Wildman–Crippen LogP) is 3.37. The largest absolute Gasteiger partial charge is 0.573 e. The molecule has 0 aromatic heterocycles. The summed E-state index contributed by atoms with van der Waals surface area (Å²) < 4.78 is 46.6. The van der Waals surface area contributed by atoms with E-state index in [-0.39, 0.29) is 24.2 Å². The lowest BCUT2D eigenvalue weighted by Gasteiger charge is -2.35. The van der Waals surface area contributed by atoms with Gasteiger partial charge < -0.3 is 14.8 Å². The van der Waals surface area contributed by atoms with Crippen LogP contribution in [0.3, 0.4) is 0 Å². The Kier molecular flexibility index (Phi) is 7.44. The molecule has 0 aliphatic carbocycles. The van der Waals surface area contributed by atoms with E-state index in [1.54, 1.807) is 0 Å². The molecule has 1 heterocycles. The van der Waals surface area contributed by atoms with E-state index in [4.69, 9.17) is 4.74 Å². The molecule has 0 spiro atoms. The van der Waals surface area contributed by atoms with Gasteiger partial charge >= 0.3 is 6.36 Å². The van der Waals surface area contributed by atoms with Gasteiger partial charge in [-0.2, -0.15) is 0 Å². The lowest BCUT2D eigenvalue weighted by Crippen LogP contribution is -2.45. The Morgan fingerprint density at radius 2 is 1.91 bits per heavy atom. The molecule has 4 nitrogen and oxygen atoms in total. The molecule has 132 valence electrons. The number of methoxy groups -OCH3 is 1. The van der Waals surface area contributed by atoms with Crippen molar-refractivity contribution in [2.24, 2.45) is 0 Å². The number of benzene rings is 1. The first-order chi connectivity index (χ1) is 10.4. The fourth-order valence-corrected chi connectivity index (χ4v) is 2.84. The number of nitrogens with one attached hydrogen (secondary N) is 1. The zero-order valence-corrected chi connectivity index (χ0v) is 14.0. The first kappa shape index (κ1) is 19.9. The Balaban J connectivity index is 0.00000264. The zero-order chi connectivity index (χ0) is 16.2. The smallest absolute Gasteiger partial charge is 0.496 e. The third kappa shape index (κ3) is 5.44. The lowest BCUT2D eigenvalue weighted by molar-refractivity contribution is -0.274. The maximum absolute atomic E-state index is 12.4. The number of piperazine rings is 1. The highest BCUT2D eigenvalue weighted by Gasteiger charge is 2.32. The molecule has 2 rings (SSSR count). The molecule has 1 N–H and O–H groups in total. The van der Waals surface area contributed by atoms with Gasteiger partial charge in [0.15, 0.2) is 0 Å². The summed E-state index contributed by atoms with van der Waals surface area (Å²) in [5.74, 6) is 0.372. The van der Waals surface area contributed by atoms with Gasteiger partial charge in [0.2, 0.25) is 0 Å². The maximum Gasteiger partial charge on any atom is 0.573 e. The van der Waals surface area contributed by atoms with Crippen molar-refractivity contribution in [2.45, 2.75) is 25.7 Å². The van der Waals surface area contributed by atoms with E-state index in [9.17, 15) is 13.2 Å². The summed E-state index contributed by atoms with van der Waals surface area (Å²) in [6.45, 7) is 5.47. The highest BCUT2D eigenvalue weighted by Crippen LogP contribution is 2.36. The van der Waals surface area contributed by atoms with E-state index in [1.165, 1.54) is 25.3 Å². The first-order valence-corrected chi connectivity index (χ1v) is 7.33. The van der Waals surface area contributed by atoms with Crippen LogP contribution in [0.4, 0.5) is 13.2 Å². The monoisotopic (exact) mass is 354 g/mol. The average Bonchev–Trinajstić information content (AvgIpc) is 2.48. The Labute approximate surface area is 140 Å². The zero-order valence-electron chi connectivity index (χ0n) is 13.2. The standard InChI is InChI=1S/C15H21F3N2O2.ClH/c1-3-13(20-8-6-19-7-9-20)12-10-11(22-15(16,17)18)4-5-14(12)21-2;/h4-5,10,13,19H,3,6-9H2,1-2H3;1H/t13-;/m0./s1. The minimum absolute atomic E-state index is 0. The second-order valence-corrected chi connectivity index (χ2v) is 5.16. The normalized spacial score (nSPS) is 17.3. The van der Waals surface area contributed by atoms with Gasteiger partial charge in [0.25, 0.3) is 0 Å². The average molecular weight is 355 g/mol. The molecule has 0 unspecified atom stereocenters. The van der Waals surface area contributed by atoms with E-state index >= 15 is 0 Å². The molecule has 1 aromatic rings. The molecule has 0 amide bonds. The highest BCUT2D eigenvalue weighted by atomic mass is 35.5. The number of hydrogen-bond acceptors (Lipinski definition) is 4. The molecule has 23 heavy (non-hydrogen) atoms. The fraction of sp³-hybridized carbons (Fsp3) is 0.600. The maximum atomic E-state index is 12.4. The van der Waals surface area contributed by atoms with Gasteiger partial charge in [-0.25, -0.2) is 0 Å². The molecule has 1 aliphatic heterocycles. The number of rotatable bonds is 5. The molecule has 0 bridgehead atoms. The summed E-state index contributed by atoms with van der Waals surface area (Å²) >= 11 is 0. The lowest BCUT2D eigenvalue weighted by atomic mass is 10.0. The second kappa shape index (κ2) is 8.61. The van der Waals surface area contributed by atoms with Crippen molar-refractivity contribution in [3.63, 3.8) is 0 Å². The minimum atomic E-state index is -4.69. The van der Waals surface area contributed by atoms with Crippen LogP contribution in [0.25, 0.3) is 0 Å².